The van der Waals surface area contributed by atoms with E-state index in [-0.39, 0.29) is 21.4 Å². The Bertz CT molecular complexity index is 1010. The first-order valence-corrected chi connectivity index (χ1v) is 8.85. The average Bonchev–Trinajstić information content (AvgIpc) is 3.27. The Balaban J connectivity index is 1.87. The predicted molar refractivity (Wildman–Crippen MR) is 92.7 cm³/mol. The van der Waals surface area contributed by atoms with Crippen LogP contribution in [0.2, 0.25) is 0 Å². The van der Waals surface area contributed by atoms with E-state index in [0.29, 0.717) is 0 Å². The summed E-state index contributed by atoms with van der Waals surface area (Å²) in [4.78, 5) is 34.5. The van der Waals surface area contributed by atoms with Crippen LogP contribution in [-0.4, -0.2) is 58.9 Å². The van der Waals surface area contributed by atoms with Crippen molar-refractivity contribution < 1.29 is 33.3 Å². The lowest BCUT2D eigenvalue weighted by Crippen LogP contribution is -2.46. The van der Waals surface area contributed by atoms with E-state index in [9.17, 15) is 9.59 Å². The monoisotopic (exact) mass is 489 g/mol. The molecule has 0 spiro atoms. The molecule has 0 saturated carbocycles. The predicted octanol–water partition coefficient (Wildman–Crippen LogP) is 1.45. The van der Waals surface area contributed by atoms with Crippen LogP contribution < -0.4 is 5.32 Å². The summed E-state index contributed by atoms with van der Waals surface area (Å²) in [5.41, 5.74) is -1.73. The van der Waals surface area contributed by atoms with Crippen LogP contribution in [0.1, 0.15) is 6.23 Å². The van der Waals surface area contributed by atoms with Crippen molar-refractivity contribution in [3.63, 3.8) is 0 Å². The van der Waals surface area contributed by atoms with Gasteiger partial charge in [-0.05, 0) is 5.92 Å². The molecule has 4 rings (SSSR count). The molecular weight excluding hydrogens is 480 g/mol. The fourth-order valence-electron chi connectivity index (χ4n) is 3.08. The van der Waals surface area contributed by atoms with Gasteiger partial charge in [-0.3, -0.25) is 9.88 Å². The van der Waals surface area contributed by atoms with Crippen LogP contribution in [-0.2, 0) is 14.2 Å². The number of halogens is 2. The number of imidazole rings is 1. The molecule has 2 aliphatic heterocycles. The summed E-state index contributed by atoms with van der Waals surface area (Å²) in [5, 5.41) is 11.0. The molecule has 4 atom stereocenters. The summed E-state index contributed by atoms with van der Waals surface area (Å²) in [5.74, 6) is -0.224. The third kappa shape index (κ3) is 2.40. The number of aromatic nitrogens is 4. The number of ether oxygens (including phenoxy) is 3. The van der Waals surface area contributed by atoms with Gasteiger partial charge in [0.05, 0.1) is 10.8 Å². The molecule has 2 aromatic rings. The number of carbonyl (C=O) groups is 2. The summed E-state index contributed by atoms with van der Waals surface area (Å²) < 4.78 is 31.9. The zero-order valence-electron chi connectivity index (χ0n) is 13.1. The molecule has 2 aromatic heterocycles. The Labute approximate surface area is 163 Å². The zero-order chi connectivity index (χ0) is 19.4. The quantitative estimate of drug-likeness (QED) is 0.284. The molecule has 0 radical (unpaired) electrons. The third-order valence-corrected chi connectivity index (χ3v) is 5.21. The number of rotatable bonds is 3. The van der Waals surface area contributed by atoms with E-state index in [1.54, 1.807) is 22.6 Å². The highest BCUT2D eigenvalue weighted by molar-refractivity contribution is 14.1. The lowest BCUT2D eigenvalue weighted by molar-refractivity contribution is -0.175. The number of hydrogen-bond donors (Lipinski definition) is 2. The second kappa shape index (κ2) is 5.89. The van der Waals surface area contributed by atoms with Crippen molar-refractivity contribution in [3.8, 4) is 12.3 Å². The number of alkyl halides is 2. The molecule has 2 aliphatic rings. The number of fused-ring (bicyclic) bond motifs is 2. The molecule has 0 bridgehead atoms. The van der Waals surface area contributed by atoms with Crippen molar-refractivity contribution in [2.24, 2.45) is 0 Å². The molecule has 2 fully saturated rings. The zero-order valence-corrected chi connectivity index (χ0v) is 15.3. The molecule has 13 heteroatoms. The fraction of sp³-hybridized carbons (Fsp3) is 0.357. The van der Waals surface area contributed by atoms with Gasteiger partial charge in [0.15, 0.2) is 23.2 Å². The maximum atomic E-state index is 15.3. The van der Waals surface area contributed by atoms with E-state index in [1.165, 1.54) is 10.9 Å². The van der Waals surface area contributed by atoms with Crippen molar-refractivity contribution >= 4 is 51.8 Å². The Morgan fingerprint density at radius 2 is 2.30 bits per heavy atom. The van der Waals surface area contributed by atoms with Crippen LogP contribution in [0, 0.1) is 12.3 Å². The number of amides is 1. The number of terminal acetylenes is 1. The van der Waals surface area contributed by atoms with E-state index >= 15 is 4.39 Å². The van der Waals surface area contributed by atoms with Crippen molar-refractivity contribution in [1.82, 2.24) is 19.5 Å². The largest absolute Gasteiger partial charge is 0.510 e. The summed E-state index contributed by atoms with van der Waals surface area (Å²) in [7, 11) is 0. The Morgan fingerprint density at radius 3 is 2.96 bits per heavy atom. The molecule has 140 valence electrons. The number of carboxylic acid groups (broad SMARTS) is 1. The van der Waals surface area contributed by atoms with Gasteiger partial charge in [-0.25, -0.2) is 28.9 Å². The van der Waals surface area contributed by atoms with Crippen LogP contribution in [0.5, 0.6) is 0 Å². The van der Waals surface area contributed by atoms with Crippen molar-refractivity contribution in [2.75, 3.05) is 9.74 Å². The van der Waals surface area contributed by atoms with Crippen LogP contribution >= 0.6 is 22.6 Å². The Kier molecular flexibility index (Phi) is 3.85. The van der Waals surface area contributed by atoms with E-state index < -0.39 is 36.0 Å². The lowest BCUT2D eigenvalue weighted by Gasteiger charge is -2.24. The van der Waals surface area contributed by atoms with Gasteiger partial charge in [0.1, 0.15) is 6.33 Å². The highest BCUT2D eigenvalue weighted by atomic mass is 127. The first-order chi connectivity index (χ1) is 12.8. The van der Waals surface area contributed by atoms with Gasteiger partial charge in [-0.1, -0.05) is 22.6 Å². The summed E-state index contributed by atoms with van der Waals surface area (Å²) in [6.07, 6.45) is 2.54. The summed E-state index contributed by atoms with van der Waals surface area (Å²) >= 11 is 1.74. The van der Waals surface area contributed by atoms with E-state index in [4.69, 9.17) is 25.7 Å². The molecule has 0 aromatic carbocycles. The van der Waals surface area contributed by atoms with Gasteiger partial charge in [-0.15, -0.1) is 6.42 Å². The van der Waals surface area contributed by atoms with Crippen molar-refractivity contribution in [1.29, 1.82) is 0 Å². The van der Waals surface area contributed by atoms with Gasteiger partial charge in [0.2, 0.25) is 6.10 Å². The Hall–Kier alpha value is -2.73. The van der Waals surface area contributed by atoms with Gasteiger partial charge in [-0.2, -0.15) is 0 Å². The molecule has 11 nitrogen and oxygen atoms in total. The molecule has 0 aliphatic carbocycles. The van der Waals surface area contributed by atoms with Crippen LogP contribution in [0.3, 0.4) is 0 Å². The summed E-state index contributed by atoms with van der Waals surface area (Å²) in [6, 6.07) is 0. The average molecular weight is 489 g/mol. The number of carbonyl (C=O) groups excluding carboxylic acids is 1. The molecule has 2 saturated heterocycles. The minimum atomic E-state index is -2.41. The highest BCUT2D eigenvalue weighted by Crippen LogP contribution is 2.53. The standard InChI is InChI=1S/C14H9FIN5O6/c1-2-13-9(25-12(24)27-13)14(15,3-16)26-10(13)21-5-19-6-7(20-11(22)23)17-4-18-8(6)21/h1,4-5,9-10H,3H2,(H,22,23)(H,17,18,20)/t9-,10+,13+,14+/m0/s1. The summed E-state index contributed by atoms with van der Waals surface area (Å²) in [6.45, 7) is 0. The molecule has 4 heterocycles. The molecule has 0 unspecified atom stereocenters. The molecule has 27 heavy (non-hydrogen) atoms. The second-order valence-electron chi connectivity index (χ2n) is 5.65. The van der Waals surface area contributed by atoms with E-state index in [1.807, 2.05) is 0 Å². The molecule has 1 amide bonds. The Morgan fingerprint density at radius 1 is 1.52 bits per heavy atom. The fourth-order valence-corrected chi connectivity index (χ4v) is 3.66. The SMILES string of the molecule is C#C[C@@]12OC(=O)O[C@@H]1[C@@](F)(CI)O[C@H]2n1cnc2c(NC(=O)O)ncnc21. The maximum Gasteiger partial charge on any atom is 0.510 e. The van der Waals surface area contributed by atoms with Crippen molar-refractivity contribution in [3.05, 3.63) is 12.7 Å². The van der Waals surface area contributed by atoms with Gasteiger partial charge in [0.25, 0.3) is 11.5 Å². The van der Waals surface area contributed by atoms with Crippen LogP contribution in [0.15, 0.2) is 12.7 Å². The van der Waals surface area contributed by atoms with Crippen LogP contribution in [0.25, 0.3) is 11.2 Å². The van der Waals surface area contributed by atoms with E-state index in [0.717, 1.165) is 6.33 Å². The molecular formula is C14H9FIN5O6. The number of nitrogens with one attached hydrogen (secondary N) is 1. The number of anilines is 1. The number of nitrogens with zero attached hydrogens (tertiary/aromatic N) is 4. The first kappa shape index (κ1) is 17.7. The minimum absolute atomic E-state index is 0.0725. The van der Waals surface area contributed by atoms with E-state index in [2.05, 4.69) is 26.2 Å². The van der Waals surface area contributed by atoms with Gasteiger partial charge >= 0.3 is 12.2 Å². The topological polar surface area (TPSA) is 138 Å². The number of hydrogen-bond acceptors (Lipinski definition) is 8. The normalized spacial score (nSPS) is 31.8. The smallest absolute Gasteiger partial charge is 0.465 e. The first-order valence-electron chi connectivity index (χ1n) is 7.32. The highest BCUT2D eigenvalue weighted by Gasteiger charge is 2.73. The van der Waals surface area contributed by atoms with Gasteiger partial charge < -0.3 is 19.3 Å². The second-order valence-corrected chi connectivity index (χ2v) is 6.42. The van der Waals surface area contributed by atoms with Gasteiger partial charge in [0, 0.05) is 0 Å². The minimum Gasteiger partial charge on any atom is -0.465 e. The van der Waals surface area contributed by atoms with Crippen molar-refractivity contribution in [2.45, 2.75) is 23.8 Å². The maximum absolute atomic E-state index is 15.3. The van der Waals surface area contributed by atoms with Crippen LogP contribution in [0.4, 0.5) is 19.8 Å². The third-order valence-electron chi connectivity index (χ3n) is 4.17. The molecule has 2 N–H and O–H groups in total. The lowest BCUT2D eigenvalue weighted by atomic mass is 9.94.